The van der Waals surface area contributed by atoms with Gasteiger partial charge < -0.3 is 19.4 Å². The van der Waals surface area contributed by atoms with Crippen molar-refractivity contribution in [2.75, 3.05) is 12.0 Å². The van der Waals surface area contributed by atoms with E-state index in [4.69, 9.17) is 21.4 Å². The number of rotatable bonds is 5. The standard InChI is InChI=1S/C25H21N3O2S/c1-29-21-13-6-5-12-19(21)28-24(23(27-25(28)31)18-11-7-8-16-26-18)22-15-14-20(30-22)17-9-3-2-4-10-17/h2-16,23-24H,1H3,(H,27,31)/t23-,24-/m1/s1. The van der Waals surface area contributed by atoms with E-state index in [1.807, 2.05) is 84.9 Å². The van der Waals surface area contributed by atoms with Crippen LogP contribution < -0.4 is 15.0 Å². The number of hydrogen-bond donors (Lipinski definition) is 1. The van der Waals surface area contributed by atoms with Crippen LogP contribution in [0.4, 0.5) is 5.69 Å². The predicted molar refractivity (Wildman–Crippen MR) is 125 cm³/mol. The molecule has 1 N–H and O–H groups in total. The lowest BCUT2D eigenvalue weighted by atomic mass is 10.0. The Kier molecular flexibility index (Phi) is 5.14. The molecule has 0 saturated carbocycles. The fourth-order valence-corrected chi connectivity index (χ4v) is 4.34. The van der Waals surface area contributed by atoms with Crippen molar-refractivity contribution in [3.63, 3.8) is 0 Å². The van der Waals surface area contributed by atoms with E-state index in [9.17, 15) is 0 Å². The van der Waals surface area contributed by atoms with E-state index in [0.717, 1.165) is 34.2 Å². The first-order chi connectivity index (χ1) is 15.3. The molecule has 3 heterocycles. The second-order valence-electron chi connectivity index (χ2n) is 7.24. The van der Waals surface area contributed by atoms with Crippen LogP contribution >= 0.6 is 12.2 Å². The van der Waals surface area contributed by atoms with Crippen molar-refractivity contribution in [3.8, 4) is 17.1 Å². The number of para-hydroxylation sites is 2. The highest BCUT2D eigenvalue weighted by Crippen LogP contribution is 2.45. The lowest BCUT2D eigenvalue weighted by Gasteiger charge is -2.27. The Morgan fingerprint density at radius 2 is 1.71 bits per heavy atom. The van der Waals surface area contributed by atoms with E-state index in [1.165, 1.54) is 0 Å². The zero-order valence-electron chi connectivity index (χ0n) is 16.9. The lowest BCUT2D eigenvalue weighted by molar-refractivity contribution is 0.409. The molecule has 0 spiro atoms. The number of methoxy groups -OCH3 is 1. The molecule has 154 valence electrons. The minimum Gasteiger partial charge on any atom is -0.495 e. The third-order valence-electron chi connectivity index (χ3n) is 5.42. The molecule has 6 heteroatoms. The second kappa shape index (κ2) is 8.24. The maximum atomic E-state index is 6.37. The highest BCUT2D eigenvalue weighted by atomic mass is 32.1. The van der Waals surface area contributed by atoms with Crippen LogP contribution in [0.5, 0.6) is 5.75 Å². The molecular weight excluding hydrogens is 406 g/mol. The molecule has 0 aliphatic carbocycles. The fraction of sp³-hybridized carbons (Fsp3) is 0.120. The van der Waals surface area contributed by atoms with Gasteiger partial charge in [0.1, 0.15) is 23.3 Å². The molecule has 0 amide bonds. The number of furan rings is 1. The van der Waals surface area contributed by atoms with Gasteiger partial charge in [-0.3, -0.25) is 4.98 Å². The van der Waals surface area contributed by atoms with E-state index >= 15 is 0 Å². The first kappa shape index (κ1) is 19.3. The Hall–Kier alpha value is -3.64. The van der Waals surface area contributed by atoms with Crippen LogP contribution in [0.1, 0.15) is 23.5 Å². The Bertz CT molecular complexity index is 1190. The van der Waals surface area contributed by atoms with Crippen LogP contribution in [0.2, 0.25) is 0 Å². The molecule has 1 saturated heterocycles. The number of pyridine rings is 1. The van der Waals surface area contributed by atoms with Crippen molar-refractivity contribution in [2.24, 2.45) is 0 Å². The predicted octanol–water partition coefficient (Wildman–Crippen LogP) is 5.53. The summed E-state index contributed by atoms with van der Waals surface area (Å²) in [5.41, 5.74) is 2.80. The molecule has 1 aliphatic heterocycles. The number of ether oxygens (including phenoxy) is 1. The van der Waals surface area contributed by atoms with Crippen molar-refractivity contribution in [1.82, 2.24) is 10.3 Å². The molecule has 5 rings (SSSR count). The molecule has 31 heavy (non-hydrogen) atoms. The number of nitrogens with zero attached hydrogens (tertiary/aromatic N) is 2. The summed E-state index contributed by atoms with van der Waals surface area (Å²) in [6.07, 6.45) is 1.79. The maximum absolute atomic E-state index is 6.37. The number of aromatic nitrogens is 1. The van der Waals surface area contributed by atoms with Crippen molar-refractivity contribution in [3.05, 3.63) is 103 Å². The van der Waals surface area contributed by atoms with E-state index < -0.39 is 0 Å². The average molecular weight is 428 g/mol. The van der Waals surface area contributed by atoms with Gasteiger partial charge in [-0.15, -0.1) is 0 Å². The molecule has 4 aromatic rings. The number of thiocarbonyl (C=S) groups is 1. The second-order valence-corrected chi connectivity index (χ2v) is 7.62. The maximum Gasteiger partial charge on any atom is 0.174 e. The molecule has 0 bridgehead atoms. The topological polar surface area (TPSA) is 50.5 Å². The molecule has 0 unspecified atom stereocenters. The molecule has 1 fully saturated rings. The smallest absolute Gasteiger partial charge is 0.174 e. The van der Waals surface area contributed by atoms with Gasteiger partial charge in [0.2, 0.25) is 0 Å². The van der Waals surface area contributed by atoms with Crippen LogP contribution in [-0.4, -0.2) is 17.2 Å². The van der Waals surface area contributed by atoms with Gasteiger partial charge in [0, 0.05) is 11.8 Å². The van der Waals surface area contributed by atoms with Crippen molar-refractivity contribution >= 4 is 23.0 Å². The normalized spacial score (nSPS) is 18.1. The first-order valence-electron chi connectivity index (χ1n) is 10.0. The van der Waals surface area contributed by atoms with Crippen molar-refractivity contribution in [1.29, 1.82) is 0 Å². The Morgan fingerprint density at radius 3 is 2.48 bits per heavy atom. The van der Waals surface area contributed by atoms with Gasteiger partial charge in [-0.2, -0.15) is 0 Å². The summed E-state index contributed by atoms with van der Waals surface area (Å²) in [6.45, 7) is 0. The summed E-state index contributed by atoms with van der Waals surface area (Å²) in [5, 5.41) is 4.05. The van der Waals surface area contributed by atoms with Crippen LogP contribution in [0.15, 0.2) is 95.5 Å². The van der Waals surface area contributed by atoms with Crippen LogP contribution in [-0.2, 0) is 0 Å². The fourth-order valence-electron chi connectivity index (χ4n) is 4.00. The molecule has 5 nitrogen and oxygen atoms in total. The number of benzene rings is 2. The first-order valence-corrected chi connectivity index (χ1v) is 10.5. The van der Waals surface area contributed by atoms with Gasteiger partial charge in [0.05, 0.1) is 24.5 Å². The summed E-state index contributed by atoms with van der Waals surface area (Å²) in [5.74, 6) is 2.36. The number of anilines is 1. The summed E-state index contributed by atoms with van der Waals surface area (Å²) >= 11 is 5.77. The summed E-state index contributed by atoms with van der Waals surface area (Å²) in [6, 6.07) is 27.4. The molecule has 2 aromatic heterocycles. The van der Waals surface area contributed by atoms with Crippen LogP contribution in [0, 0.1) is 0 Å². The lowest BCUT2D eigenvalue weighted by Crippen LogP contribution is -2.29. The monoisotopic (exact) mass is 427 g/mol. The SMILES string of the molecule is COc1ccccc1N1C(=S)N[C@H](c2ccccn2)[C@H]1c1ccc(-c2ccccc2)o1. The zero-order chi connectivity index (χ0) is 21.2. The zero-order valence-corrected chi connectivity index (χ0v) is 17.8. The molecule has 1 aliphatic rings. The van der Waals surface area contributed by atoms with E-state index in [0.29, 0.717) is 5.11 Å². The molecule has 2 aromatic carbocycles. The van der Waals surface area contributed by atoms with Gasteiger partial charge in [-0.25, -0.2) is 0 Å². The number of nitrogens with one attached hydrogen (secondary N) is 1. The van der Waals surface area contributed by atoms with Gasteiger partial charge in [0.15, 0.2) is 5.11 Å². The van der Waals surface area contributed by atoms with Crippen LogP contribution in [0.3, 0.4) is 0 Å². The minimum absolute atomic E-state index is 0.173. The van der Waals surface area contributed by atoms with E-state index in [-0.39, 0.29) is 12.1 Å². The van der Waals surface area contributed by atoms with Crippen LogP contribution in [0.25, 0.3) is 11.3 Å². The van der Waals surface area contributed by atoms with Gasteiger partial charge in [-0.05, 0) is 48.6 Å². The highest BCUT2D eigenvalue weighted by molar-refractivity contribution is 7.80. The van der Waals surface area contributed by atoms with Crippen molar-refractivity contribution in [2.45, 2.75) is 12.1 Å². The Morgan fingerprint density at radius 1 is 0.935 bits per heavy atom. The molecule has 0 radical (unpaired) electrons. The quantitative estimate of drug-likeness (QED) is 0.423. The Labute approximate surface area is 186 Å². The van der Waals surface area contributed by atoms with Crippen molar-refractivity contribution < 1.29 is 9.15 Å². The minimum atomic E-state index is -0.226. The summed E-state index contributed by atoms with van der Waals surface area (Å²) < 4.78 is 12.0. The van der Waals surface area contributed by atoms with Gasteiger partial charge in [0.25, 0.3) is 0 Å². The third kappa shape index (κ3) is 3.55. The average Bonchev–Trinajstić information content (AvgIpc) is 3.45. The Balaban J connectivity index is 1.63. The van der Waals surface area contributed by atoms with E-state index in [2.05, 4.69) is 15.2 Å². The van der Waals surface area contributed by atoms with Gasteiger partial charge >= 0.3 is 0 Å². The highest BCUT2D eigenvalue weighted by Gasteiger charge is 2.43. The summed E-state index contributed by atoms with van der Waals surface area (Å²) in [4.78, 5) is 6.64. The third-order valence-corrected chi connectivity index (χ3v) is 5.73. The molecule has 2 atom stereocenters. The largest absolute Gasteiger partial charge is 0.495 e. The van der Waals surface area contributed by atoms with Gasteiger partial charge in [-0.1, -0.05) is 48.5 Å². The molecular formula is C25H21N3O2S. The van der Waals surface area contributed by atoms with E-state index in [1.54, 1.807) is 13.3 Å². The summed E-state index contributed by atoms with van der Waals surface area (Å²) in [7, 11) is 1.66. The number of hydrogen-bond acceptors (Lipinski definition) is 4.